The molecule has 0 saturated carbocycles. The summed E-state index contributed by atoms with van der Waals surface area (Å²) in [6.07, 6.45) is 2.05. The van der Waals surface area contributed by atoms with Crippen molar-refractivity contribution in [2.75, 3.05) is 0 Å². The van der Waals surface area contributed by atoms with Gasteiger partial charge in [0.15, 0.2) is 12.0 Å². The van der Waals surface area contributed by atoms with E-state index in [-0.39, 0.29) is 0 Å². The van der Waals surface area contributed by atoms with Crippen LogP contribution in [0.5, 0.6) is 0 Å². The highest BCUT2D eigenvalue weighted by molar-refractivity contribution is 5.82. The van der Waals surface area contributed by atoms with E-state index in [9.17, 15) is 4.79 Å². The Labute approximate surface area is 74.1 Å². The standard InChI is InChI=1S/C9H7NO3/c1-6-2-3-8(12-6)9-7(5-11)4-10-13-9/h2-5H,1H3. The molecule has 0 fully saturated rings. The molecule has 0 radical (unpaired) electrons. The topological polar surface area (TPSA) is 56.2 Å². The van der Waals surface area contributed by atoms with Crippen molar-refractivity contribution >= 4 is 6.29 Å². The van der Waals surface area contributed by atoms with Gasteiger partial charge in [0, 0.05) is 0 Å². The number of carbonyl (C=O) groups excluding carboxylic acids is 1. The van der Waals surface area contributed by atoms with Crippen LogP contribution < -0.4 is 0 Å². The largest absolute Gasteiger partial charge is 0.458 e. The minimum absolute atomic E-state index is 0.378. The van der Waals surface area contributed by atoms with Crippen LogP contribution in [0, 0.1) is 6.92 Å². The summed E-state index contributed by atoms with van der Waals surface area (Å²) in [6.45, 7) is 1.82. The van der Waals surface area contributed by atoms with E-state index in [4.69, 9.17) is 8.94 Å². The van der Waals surface area contributed by atoms with Crippen molar-refractivity contribution in [3.05, 3.63) is 29.7 Å². The molecule has 2 rings (SSSR count). The Kier molecular flexibility index (Phi) is 1.73. The molecular weight excluding hydrogens is 170 g/mol. The molecule has 0 saturated heterocycles. The maximum atomic E-state index is 10.5. The van der Waals surface area contributed by atoms with Crippen LogP contribution in [-0.2, 0) is 0 Å². The van der Waals surface area contributed by atoms with Gasteiger partial charge in [0.25, 0.3) is 0 Å². The second-order valence-corrected chi connectivity index (χ2v) is 2.64. The van der Waals surface area contributed by atoms with Crippen LogP contribution in [-0.4, -0.2) is 11.4 Å². The molecule has 13 heavy (non-hydrogen) atoms. The van der Waals surface area contributed by atoms with Gasteiger partial charge in [0.05, 0.1) is 11.8 Å². The molecule has 4 nitrogen and oxygen atoms in total. The van der Waals surface area contributed by atoms with E-state index in [0.717, 1.165) is 5.76 Å². The molecule has 0 amide bonds. The summed E-state index contributed by atoms with van der Waals surface area (Å²) in [7, 11) is 0. The van der Waals surface area contributed by atoms with Gasteiger partial charge in [0.1, 0.15) is 5.76 Å². The molecule has 0 bridgehead atoms. The summed E-state index contributed by atoms with van der Waals surface area (Å²) in [5, 5.41) is 3.51. The Bertz CT molecular complexity index is 428. The maximum absolute atomic E-state index is 10.5. The lowest BCUT2D eigenvalue weighted by molar-refractivity contribution is 0.112. The third-order valence-electron chi connectivity index (χ3n) is 1.69. The zero-order valence-corrected chi connectivity index (χ0v) is 6.98. The number of hydrogen-bond donors (Lipinski definition) is 0. The molecule has 66 valence electrons. The van der Waals surface area contributed by atoms with Crippen molar-refractivity contribution in [1.82, 2.24) is 5.16 Å². The minimum Gasteiger partial charge on any atom is -0.458 e. The number of aromatic nitrogens is 1. The average Bonchev–Trinajstić information content (AvgIpc) is 2.71. The average molecular weight is 177 g/mol. The van der Waals surface area contributed by atoms with Gasteiger partial charge in [-0.15, -0.1) is 0 Å². The van der Waals surface area contributed by atoms with E-state index in [1.54, 1.807) is 12.1 Å². The summed E-state index contributed by atoms with van der Waals surface area (Å²) < 4.78 is 10.2. The first-order valence-corrected chi connectivity index (χ1v) is 3.78. The summed E-state index contributed by atoms with van der Waals surface area (Å²) in [5.74, 6) is 1.67. The number of aldehydes is 1. The molecule has 0 N–H and O–H groups in total. The second-order valence-electron chi connectivity index (χ2n) is 2.64. The highest BCUT2D eigenvalue weighted by Gasteiger charge is 2.12. The van der Waals surface area contributed by atoms with Gasteiger partial charge in [0.2, 0.25) is 5.76 Å². The van der Waals surface area contributed by atoms with Gasteiger partial charge < -0.3 is 8.94 Å². The molecule has 0 spiro atoms. The molecule has 2 aromatic rings. The first-order chi connectivity index (χ1) is 6.31. The molecule has 2 heterocycles. The van der Waals surface area contributed by atoms with Crippen molar-refractivity contribution in [3.63, 3.8) is 0 Å². The molecule has 0 aliphatic carbocycles. The minimum atomic E-state index is 0.378. The van der Waals surface area contributed by atoms with Crippen LogP contribution in [0.25, 0.3) is 11.5 Å². The molecule has 0 atom stereocenters. The fourth-order valence-electron chi connectivity index (χ4n) is 1.07. The predicted molar refractivity (Wildman–Crippen MR) is 44.3 cm³/mol. The molecule has 2 aromatic heterocycles. The third-order valence-corrected chi connectivity index (χ3v) is 1.69. The lowest BCUT2D eigenvalue weighted by Gasteiger charge is -1.88. The monoisotopic (exact) mass is 177 g/mol. The molecule has 0 aromatic carbocycles. The van der Waals surface area contributed by atoms with Gasteiger partial charge >= 0.3 is 0 Å². The Morgan fingerprint density at radius 2 is 2.31 bits per heavy atom. The van der Waals surface area contributed by atoms with Crippen molar-refractivity contribution in [2.45, 2.75) is 6.92 Å². The van der Waals surface area contributed by atoms with Crippen molar-refractivity contribution < 1.29 is 13.7 Å². The maximum Gasteiger partial charge on any atom is 0.212 e. The SMILES string of the molecule is Cc1ccc(-c2oncc2C=O)o1. The summed E-state index contributed by atoms with van der Waals surface area (Å²) in [6, 6.07) is 3.54. The number of aryl methyl sites for hydroxylation is 1. The number of nitrogens with zero attached hydrogens (tertiary/aromatic N) is 1. The van der Waals surface area contributed by atoms with E-state index in [1.807, 2.05) is 6.92 Å². The Morgan fingerprint density at radius 1 is 1.46 bits per heavy atom. The van der Waals surface area contributed by atoms with Crippen LogP contribution in [0.2, 0.25) is 0 Å². The Morgan fingerprint density at radius 3 is 2.92 bits per heavy atom. The Balaban J connectivity index is 2.51. The highest BCUT2D eigenvalue weighted by atomic mass is 16.5. The molecular formula is C9H7NO3. The normalized spacial score (nSPS) is 10.2. The first kappa shape index (κ1) is 7.79. The van der Waals surface area contributed by atoms with E-state index in [2.05, 4.69) is 5.16 Å². The zero-order chi connectivity index (χ0) is 9.26. The van der Waals surface area contributed by atoms with Gasteiger partial charge in [-0.05, 0) is 19.1 Å². The quantitative estimate of drug-likeness (QED) is 0.659. The summed E-state index contributed by atoms with van der Waals surface area (Å²) in [5.41, 5.74) is 0.398. The Hall–Kier alpha value is -1.84. The zero-order valence-electron chi connectivity index (χ0n) is 6.98. The predicted octanol–water partition coefficient (Wildman–Crippen LogP) is 2.06. The summed E-state index contributed by atoms with van der Waals surface area (Å²) in [4.78, 5) is 10.5. The number of hydrogen-bond acceptors (Lipinski definition) is 4. The van der Waals surface area contributed by atoms with Crippen LogP contribution in [0.3, 0.4) is 0 Å². The molecule has 0 aliphatic rings. The van der Waals surface area contributed by atoms with Gasteiger partial charge in [-0.3, -0.25) is 4.79 Å². The first-order valence-electron chi connectivity index (χ1n) is 3.78. The number of furan rings is 1. The van der Waals surface area contributed by atoms with E-state index < -0.39 is 0 Å². The molecule has 0 aliphatic heterocycles. The van der Waals surface area contributed by atoms with Crippen LogP contribution in [0.1, 0.15) is 16.1 Å². The lowest BCUT2D eigenvalue weighted by Crippen LogP contribution is -1.77. The fraction of sp³-hybridized carbons (Fsp3) is 0.111. The number of carbonyl (C=O) groups is 1. The van der Waals surface area contributed by atoms with Gasteiger partial charge in [-0.25, -0.2) is 0 Å². The fourth-order valence-corrected chi connectivity index (χ4v) is 1.07. The third kappa shape index (κ3) is 1.26. The van der Waals surface area contributed by atoms with E-state index >= 15 is 0 Å². The van der Waals surface area contributed by atoms with Crippen molar-refractivity contribution in [3.8, 4) is 11.5 Å². The van der Waals surface area contributed by atoms with Crippen molar-refractivity contribution in [1.29, 1.82) is 0 Å². The van der Waals surface area contributed by atoms with Crippen LogP contribution in [0.15, 0.2) is 27.3 Å². The number of rotatable bonds is 2. The lowest BCUT2D eigenvalue weighted by atomic mass is 10.2. The smallest absolute Gasteiger partial charge is 0.212 e. The van der Waals surface area contributed by atoms with Gasteiger partial charge in [-0.1, -0.05) is 5.16 Å². The van der Waals surface area contributed by atoms with Crippen LogP contribution >= 0.6 is 0 Å². The van der Waals surface area contributed by atoms with Crippen molar-refractivity contribution in [2.24, 2.45) is 0 Å². The summed E-state index contributed by atoms with van der Waals surface area (Å²) >= 11 is 0. The highest BCUT2D eigenvalue weighted by Crippen LogP contribution is 2.24. The van der Waals surface area contributed by atoms with Gasteiger partial charge in [-0.2, -0.15) is 0 Å². The van der Waals surface area contributed by atoms with E-state index in [0.29, 0.717) is 23.4 Å². The second kappa shape index (κ2) is 2.90. The molecule has 4 heteroatoms. The molecule has 0 unspecified atom stereocenters. The van der Waals surface area contributed by atoms with E-state index in [1.165, 1.54) is 6.20 Å². The van der Waals surface area contributed by atoms with Crippen LogP contribution in [0.4, 0.5) is 0 Å².